The molecule has 1 amide bonds. The van der Waals surface area contributed by atoms with E-state index in [1.54, 1.807) is 12.3 Å². The van der Waals surface area contributed by atoms with Crippen molar-refractivity contribution >= 4 is 5.91 Å². The third kappa shape index (κ3) is 3.38. The Hall–Kier alpha value is -2.92. The Morgan fingerprint density at radius 2 is 1.74 bits per heavy atom. The molecule has 0 spiro atoms. The molecule has 1 fully saturated rings. The van der Waals surface area contributed by atoms with Gasteiger partial charge in [0.15, 0.2) is 0 Å². The smallest absolute Gasteiger partial charge is 0.253 e. The van der Waals surface area contributed by atoms with E-state index >= 15 is 0 Å². The number of likely N-dealkylation sites (tertiary alicyclic amines) is 1. The molecular weight excluding hydrogens is 338 g/mol. The fourth-order valence-corrected chi connectivity index (χ4v) is 3.87. The summed E-state index contributed by atoms with van der Waals surface area (Å²) in [7, 11) is 0. The van der Waals surface area contributed by atoms with Crippen molar-refractivity contribution in [2.45, 2.75) is 18.3 Å². The molecule has 0 atom stereocenters. The first-order chi connectivity index (χ1) is 13.2. The van der Waals surface area contributed by atoms with Crippen LogP contribution in [0.2, 0.25) is 0 Å². The van der Waals surface area contributed by atoms with Crippen LogP contribution >= 0.6 is 0 Å². The van der Waals surface area contributed by atoms with Crippen molar-refractivity contribution in [1.29, 1.82) is 0 Å². The standard InChI is InChI=1S/C22H23N3O2/c23-16-22(19-4-2-1-3-5-19)11-13-25(14-12-22)21(26)18-8-6-17(7-9-18)20-10-15-27-24-20/h1-10,15H,11-14,16,23H2. The van der Waals surface area contributed by atoms with Gasteiger partial charge in [0.1, 0.15) is 12.0 Å². The normalized spacial score (nSPS) is 16.3. The molecule has 2 aromatic carbocycles. The average molecular weight is 361 g/mol. The summed E-state index contributed by atoms with van der Waals surface area (Å²) in [5, 5.41) is 3.92. The molecule has 138 valence electrons. The van der Waals surface area contributed by atoms with E-state index in [1.165, 1.54) is 5.56 Å². The number of amides is 1. The second-order valence-electron chi connectivity index (χ2n) is 7.10. The fraction of sp³-hybridized carbons (Fsp3) is 0.273. The van der Waals surface area contributed by atoms with E-state index < -0.39 is 0 Å². The van der Waals surface area contributed by atoms with E-state index in [1.807, 2.05) is 35.2 Å². The Labute approximate surface area is 158 Å². The van der Waals surface area contributed by atoms with Crippen molar-refractivity contribution in [2.75, 3.05) is 19.6 Å². The van der Waals surface area contributed by atoms with Gasteiger partial charge in [-0.2, -0.15) is 0 Å². The van der Waals surface area contributed by atoms with Gasteiger partial charge in [-0.05, 0) is 30.5 Å². The van der Waals surface area contributed by atoms with E-state index in [-0.39, 0.29) is 11.3 Å². The molecule has 0 aliphatic carbocycles. The van der Waals surface area contributed by atoms with Crippen LogP contribution in [0, 0.1) is 0 Å². The lowest BCUT2D eigenvalue weighted by molar-refractivity contribution is 0.0670. The zero-order valence-electron chi connectivity index (χ0n) is 15.2. The quantitative estimate of drug-likeness (QED) is 0.772. The molecule has 0 saturated carbocycles. The highest BCUT2D eigenvalue weighted by molar-refractivity contribution is 5.94. The predicted molar refractivity (Wildman–Crippen MR) is 104 cm³/mol. The Morgan fingerprint density at radius 1 is 1.04 bits per heavy atom. The van der Waals surface area contributed by atoms with E-state index in [4.69, 9.17) is 10.3 Å². The second kappa shape index (κ2) is 7.37. The van der Waals surface area contributed by atoms with Gasteiger partial charge in [-0.3, -0.25) is 4.79 Å². The molecule has 27 heavy (non-hydrogen) atoms. The summed E-state index contributed by atoms with van der Waals surface area (Å²) in [6.45, 7) is 2.04. The Balaban J connectivity index is 1.45. The first-order valence-corrected chi connectivity index (χ1v) is 9.28. The van der Waals surface area contributed by atoms with Gasteiger partial charge >= 0.3 is 0 Å². The Morgan fingerprint density at radius 3 is 2.33 bits per heavy atom. The monoisotopic (exact) mass is 361 g/mol. The third-order valence-corrected chi connectivity index (χ3v) is 5.65. The van der Waals surface area contributed by atoms with Gasteiger partial charge in [-0.15, -0.1) is 0 Å². The summed E-state index contributed by atoms with van der Waals surface area (Å²) in [5.74, 6) is 0.0698. The van der Waals surface area contributed by atoms with Gasteiger partial charge in [0.2, 0.25) is 0 Å². The van der Waals surface area contributed by atoms with Crippen LogP contribution in [0.1, 0.15) is 28.8 Å². The lowest BCUT2D eigenvalue weighted by Gasteiger charge is -2.41. The van der Waals surface area contributed by atoms with Crippen LogP contribution in [0.15, 0.2) is 71.4 Å². The molecule has 0 radical (unpaired) electrons. The number of nitrogens with zero attached hydrogens (tertiary/aromatic N) is 2. The molecule has 1 aliphatic heterocycles. The first kappa shape index (κ1) is 17.5. The molecule has 5 nitrogen and oxygen atoms in total. The number of carbonyl (C=O) groups excluding carboxylic acids is 1. The Bertz CT molecular complexity index is 881. The average Bonchev–Trinajstić information content (AvgIpc) is 3.29. The lowest BCUT2D eigenvalue weighted by Crippen LogP contribution is -2.48. The number of carbonyl (C=O) groups is 1. The highest BCUT2D eigenvalue weighted by Gasteiger charge is 2.36. The van der Waals surface area contributed by atoms with E-state index in [0.29, 0.717) is 12.1 Å². The number of nitrogens with two attached hydrogens (primary N) is 1. The molecule has 5 heteroatoms. The summed E-state index contributed by atoms with van der Waals surface area (Å²) in [6, 6.07) is 19.8. The minimum atomic E-state index is -0.0329. The minimum absolute atomic E-state index is 0.0329. The Kier molecular flexibility index (Phi) is 4.77. The SMILES string of the molecule is NCC1(c2ccccc2)CCN(C(=O)c2ccc(-c3ccon3)cc2)CC1. The van der Waals surface area contributed by atoms with Gasteiger partial charge in [0.25, 0.3) is 5.91 Å². The van der Waals surface area contributed by atoms with Gasteiger partial charge in [-0.25, -0.2) is 0 Å². The van der Waals surface area contributed by atoms with Gasteiger partial charge in [0.05, 0.1) is 0 Å². The molecule has 2 heterocycles. The maximum absolute atomic E-state index is 12.9. The largest absolute Gasteiger partial charge is 0.364 e. The molecule has 3 aromatic rings. The highest BCUT2D eigenvalue weighted by Crippen LogP contribution is 2.35. The van der Waals surface area contributed by atoms with Crippen LogP contribution in [-0.4, -0.2) is 35.6 Å². The summed E-state index contributed by atoms with van der Waals surface area (Å²) in [4.78, 5) is 14.8. The molecular formula is C22H23N3O2. The summed E-state index contributed by atoms with van der Waals surface area (Å²) in [6.07, 6.45) is 3.31. The van der Waals surface area contributed by atoms with Crippen molar-refractivity contribution in [3.05, 3.63) is 78.1 Å². The van der Waals surface area contributed by atoms with Crippen molar-refractivity contribution in [2.24, 2.45) is 5.73 Å². The topological polar surface area (TPSA) is 72.4 Å². The van der Waals surface area contributed by atoms with Crippen LogP contribution in [0.3, 0.4) is 0 Å². The van der Waals surface area contributed by atoms with Crippen LogP contribution < -0.4 is 5.73 Å². The number of piperidine rings is 1. The number of hydrogen-bond donors (Lipinski definition) is 1. The molecule has 1 aliphatic rings. The predicted octanol–water partition coefficient (Wildman–Crippen LogP) is 3.47. The molecule has 1 aromatic heterocycles. The number of aromatic nitrogens is 1. The number of hydrogen-bond acceptors (Lipinski definition) is 4. The van der Waals surface area contributed by atoms with Crippen LogP contribution in [-0.2, 0) is 5.41 Å². The zero-order chi connectivity index (χ0) is 18.7. The van der Waals surface area contributed by atoms with Gasteiger partial charge in [0, 0.05) is 42.2 Å². The van der Waals surface area contributed by atoms with Gasteiger partial charge < -0.3 is 15.2 Å². The maximum Gasteiger partial charge on any atom is 0.253 e. The zero-order valence-corrected chi connectivity index (χ0v) is 15.2. The molecule has 0 unspecified atom stereocenters. The van der Waals surface area contributed by atoms with Crippen molar-refractivity contribution < 1.29 is 9.32 Å². The molecule has 1 saturated heterocycles. The summed E-state index contributed by atoms with van der Waals surface area (Å²) < 4.78 is 4.87. The summed E-state index contributed by atoms with van der Waals surface area (Å²) in [5.41, 5.74) is 9.79. The van der Waals surface area contributed by atoms with Crippen molar-refractivity contribution in [1.82, 2.24) is 10.1 Å². The van der Waals surface area contributed by atoms with Gasteiger partial charge in [-0.1, -0.05) is 47.6 Å². The minimum Gasteiger partial charge on any atom is -0.364 e. The molecule has 4 rings (SSSR count). The van der Waals surface area contributed by atoms with Crippen molar-refractivity contribution in [3.8, 4) is 11.3 Å². The summed E-state index contributed by atoms with van der Waals surface area (Å²) >= 11 is 0. The van der Waals surface area contributed by atoms with Crippen LogP contribution in [0.25, 0.3) is 11.3 Å². The third-order valence-electron chi connectivity index (χ3n) is 5.65. The van der Waals surface area contributed by atoms with E-state index in [0.717, 1.165) is 37.2 Å². The van der Waals surface area contributed by atoms with E-state index in [2.05, 4.69) is 29.4 Å². The van der Waals surface area contributed by atoms with Crippen LogP contribution in [0.4, 0.5) is 0 Å². The number of benzene rings is 2. The number of rotatable bonds is 4. The van der Waals surface area contributed by atoms with E-state index in [9.17, 15) is 4.79 Å². The fourth-order valence-electron chi connectivity index (χ4n) is 3.87. The molecule has 2 N–H and O–H groups in total. The maximum atomic E-state index is 12.9. The highest BCUT2D eigenvalue weighted by atomic mass is 16.5. The first-order valence-electron chi connectivity index (χ1n) is 9.28. The lowest BCUT2D eigenvalue weighted by atomic mass is 9.73. The van der Waals surface area contributed by atoms with Crippen molar-refractivity contribution in [3.63, 3.8) is 0 Å². The molecule has 0 bridgehead atoms. The van der Waals surface area contributed by atoms with Crippen LogP contribution in [0.5, 0.6) is 0 Å². The second-order valence-corrected chi connectivity index (χ2v) is 7.10.